The van der Waals surface area contributed by atoms with Gasteiger partial charge in [0.2, 0.25) is 5.91 Å². The van der Waals surface area contributed by atoms with Crippen LogP contribution in [-0.4, -0.2) is 24.2 Å². The summed E-state index contributed by atoms with van der Waals surface area (Å²) < 4.78 is 5.13. The van der Waals surface area contributed by atoms with Crippen LogP contribution in [0.25, 0.3) is 0 Å². The predicted molar refractivity (Wildman–Crippen MR) is 72.5 cm³/mol. The standard InChI is InChI=1S/C12H15Cl2NO3/c1-2-18-5-3-4-11(16)15-8-6-9(13)12(17)10(14)7-8/h6-7,17H,2-5H2,1H3,(H,15,16). The Morgan fingerprint density at radius 3 is 2.56 bits per heavy atom. The molecule has 1 rings (SSSR count). The fourth-order valence-electron chi connectivity index (χ4n) is 1.34. The van der Waals surface area contributed by atoms with Crippen molar-refractivity contribution in [1.82, 2.24) is 0 Å². The Hall–Kier alpha value is -0.970. The normalized spacial score (nSPS) is 10.4. The largest absolute Gasteiger partial charge is 0.505 e. The van der Waals surface area contributed by atoms with Crippen molar-refractivity contribution in [2.75, 3.05) is 18.5 Å². The number of hydrogen-bond acceptors (Lipinski definition) is 3. The van der Waals surface area contributed by atoms with Crippen LogP contribution in [0.3, 0.4) is 0 Å². The molecule has 0 bridgehead atoms. The summed E-state index contributed by atoms with van der Waals surface area (Å²) in [6.07, 6.45) is 1.01. The molecule has 4 nitrogen and oxygen atoms in total. The third-order valence-electron chi connectivity index (χ3n) is 2.20. The number of phenolic OH excluding ortho intramolecular Hbond substituents is 1. The maximum atomic E-state index is 11.6. The minimum absolute atomic E-state index is 0.104. The highest BCUT2D eigenvalue weighted by atomic mass is 35.5. The number of hydrogen-bond donors (Lipinski definition) is 2. The molecule has 1 amide bonds. The molecule has 100 valence electrons. The van der Waals surface area contributed by atoms with Gasteiger partial charge in [0.15, 0.2) is 5.75 Å². The minimum atomic E-state index is -0.187. The first-order valence-electron chi connectivity index (χ1n) is 5.60. The van der Waals surface area contributed by atoms with Crippen molar-refractivity contribution in [3.63, 3.8) is 0 Å². The molecule has 0 atom stereocenters. The van der Waals surface area contributed by atoms with Gasteiger partial charge in [-0.3, -0.25) is 4.79 Å². The second-order valence-corrected chi connectivity index (χ2v) is 4.45. The van der Waals surface area contributed by atoms with Gasteiger partial charge in [0.25, 0.3) is 0 Å². The second-order valence-electron chi connectivity index (χ2n) is 3.64. The summed E-state index contributed by atoms with van der Waals surface area (Å²) in [5, 5.41) is 12.2. The van der Waals surface area contributed by atoms with E-state index in [1.807, 2.05) is 6.92 Å². The van der Waals surface area contributed by atoms with Crippen LogP contribution in [0.4, 0.5) is 5.69 Å². The van der Waals surface area contributed by atoms with Crippen LogP contribution >= 0.6 is 23.2 Å². The van der Waals surface area contributed by atoms with Crippen LogP contribution in [-0.2, 0) is 9.53 Å². The highest BCUT2D eigenvalue weighted by Gasteiger charge is 2.08. The molecule has 1 aromatic carbocycles. The van der Waals surface area contributed by atoms with Crippen LogP contribution in [0, 0.1) is 0 Å². The van der Waals surface area contributed by atoms with Crippen molar-refractivity contribution < 1.29 is 14.6 Å². The third-order valence-corrected chi connectivity index (χ3v) is 2.77. The zero-order valence-corrected chi connectivity index (χ0v) is 11.5. The van der Waals surface area contributed by atoms with Crippen LogP contribution in [0.5, 0.6) is 5.75 Å². The molecule has 2 N–H and O–H groups in total. The van der Waals surface area contributed by atoms with E-state index in [1.54, 1.807) is 0 Å². The van der Waals surface area contributed by atoms with Crippen LogP contribution < -0.4 is 5.32 Å². The van der Waals surface area contributed by atoms with Gasteiger partial charge in [-0.15, -0.1) is 0 Å². The van der Waals surface area contributed by atoms with Crippen molar-refractivity contribution in [2.45, 2.75) is 19.8 Å². The SMILES string of the molecule is CCOCCCC(=O)Nc1cc(Cl)c(O)c(Cl)c1. The van der Waals surface area contributed by atoms with Crippen LogP contribution in [0.1, 0.15) is 19.8 Å². The first kappa shape index (κ1) is 15.1. The molecule has 0 heterocycles. The number of halogens is 2. The molecule has 0 fully saturated rings. The molecule has 0 spiro atoms. The lowest BCUT2D eigenvalue weighted by atomic mass is 10.2. The van der Waals surface area contributed by atoms with Crippen molar-refractivity contribution in [2.24, 2.45) is 0 Å². The van der Waals surface area contributed by atoms with E-state index >= 15 is 0 Å². The number of carbonyl (C=O) groups is 1. The molecule has 18 heavy (non-hydrogen) atoms. The van der Waals surface area contributed by atoms with E-state index in [-0.39, 0.29) is 21.7 Å². The Balaban J connectivity index is 2.49. The van der Waals surface area contributed by atoms with E-state index in [2.05, 4.69) is 5.32 Å². The van der Waals surface area contributed by atoms with E-state index < -0.39 is 0 Å². The van der Waals surface area contributed by atoms with E-state index in [0.717, 1.165) is 0 Å². The molecular weight excluding hydrogens is 277 g/mol. The highest BCUT2D eigenvalue weighted by Crippen LogP contribution is 2.34. The summed E-state index contributed by atoms with van der Waals surface area (Å²) in [5.74, 6) is -0.333. The Kier molecular flexibility index (Phi) is 6.25. The molecule has 0 saturated carbocycles. The topological polar surface area (TPSA) is 58.6 Å². The Morgan fingerprint density at radius 2 is 2.00 bits per heavy atom. The van der Waals surface area contributed by atoms with Gasteiger partial charge < -0.3 is 15.2 Å². The smallest absolute Gasteiger partial charge is 0.224 e. The number of anilines is 1. The summed E-state index contributed by atoms with van der Waals surface area (Å²) >= 11 is 11.5. The number of ether oxygens (including phenoxy) is 1. The third kappa shape index (κ3) is 4.72. The second kappa shape index (κ2) is 7.46. The van der Waals surface area contributed by atoms with Gasteiger partial charge in [0, 0.05) is 25.3 Å². The van der Waals surface area contributed by atoms with Crippen molar-refractivity contribution in [1.29, 1.82) is 0 Å². The maximum Gasteiger partial charge on any atom is 0.224 e. The molecule has 0 aromatic heterocycles. The number of benzene rings is 1. The van der Waals surface area contributed by atoms with Crippen LogP contribution in [0.15, 0.2) is 12.1 Å². The number of carbonyl (C=O) groups excluding carboxylic acids is 1. The average molecular weight is 292 g/mol. The van der Waals surface area contributed by atoms with Crippen LogP contribution in [0.2, 0.25) is 10.0 Å². The molecule has 0 unspecified atom stereocenters. The maximum absolute atomic E-state index is 11.6. The Labute approximate surface area is 116 Å². The highest BCUT2D eigenvalue weighted by molar-refractivity contribution is 6.37. The lowest BCUT2D eigenvalue weighted by molar-refractivity contribution is -0.116. The number of nitrogens with one attached hydrogen (secondary N) is 1. The van der Waals surface area contributed by atoms with Gasteiger partial charge >= 0.3 is 0 Å². The zero-order chi connectivity index (χ0) is 13.5. The molecule has 0 saturated heterocycles. The minimum Gasteiger partial charge on any atom is -0.505 e. The molecule has 0 aliphatic rings. The molecule has 0 aliphatic heterocycles. The van der Waals surface area contributed by atoms with Gasteiger partial charge in [-0.2, -0.15) is 0 Å². The number of amides is 1. The average Bonchev–Trinajstić information content (AvgIpc) is 2.31. The molecule has 1 aromatic rings. The monoisotopic (exact) mass is 291 g/mol. The molecule has 0 radical (unpaired) electrons. The fourth-order valence-corrected chi connectivity index (χ4v) is 1.83. The quantitative estimate of drug-likeness (QED) is 0.623. The summed E-state index contributed by atoms with van der Waals surface area (Å²) in [7, 11) is 0. The Bertz CT molecular complexity index is 401. The van der Waals surface area contributed by atoms with Gasteiger partial charge in [-0.1, -0.05) is 23.2 Å². The molecular formula is C12H15Cl2NO3. The van der Waals surface area contributed by atoms with E-state index in [1.165, 1.54) is 12.1 Å². The van der Waals surface area contributed by atoms with E-state index in [0.29, 0.717) is 31.7 Å². The lowest BCUT2D eigenvalue weighted by Crippen LogP contribution is -2.12. The van der Waals surface area contributed by atoms with Gasteiger partial charge in [-0.05, 0) is 25.5 Å². The lowest BCUT2D eigenvalue weighted by Gasteiger charge is -2.08. The van der Waals surface area contributed by atoms with Crippen molar-refractivity contribution in [3.8, 4) is 5.75 Å². The van der Waals surface area contributed by atoms with Gasteiger partial charge in [0.1, 0.15) is 0 Å². The van der Waals surface area contributed by atoms with E-state index in [9.17, 15) is 9.90 Å². The van der Waals surface area contributed by atoms with Gasteiger partial charge in [0.05, 0.1) is 10.0 Å². The first-order chi connectivity index (χ1) is 8.54. The van der Waals surface area contributed by atoms with E-state index in [4.69, 9.17) is 27.9 Å². The summed E-state index contributed by atoms with van der Waals surface area (Å²) in [4.78, 5) is 11.6. The fraction of sp³-hybridized carbons (Fsp3) is 0.417. The first-order valence-corrected chi connectivity index (χ1v) is 6.35. The number of aromatic hydroxyl groups is 1. The van der Waals surface area contributed by atoms with Crippen molar-refractivity contribution in [3.05, 3.63) is 22.2 Å². The summed E-state index contributed by atoms with van der Waals surface area (Å²) in [6, 6.07) is 2.90. The predicted octanol–water partition coefficient (Wildman–Crippen LogP) is 3.45. The Morgan fingerprint density at radius 1 is 1.39 bits per heavy atom. The zero-order valence-electron chi connectivity index (χ0n) is 10.0. The van der Waals surface area contributed by atoms with Crippen molar-refractivity contribution >= 4 is 34.8 Å². The number of phenols is 1. The summed E-state index contributed by atoms with van der Waals surface area (Å²) in [5.41, 5.74) is 0.462. The molecule has 0 aliphatic carbocycles. The van der Waals surface area contributed by atoms with Gasteiger partial charge in [-0.25, -0.2) is 0 Å². The summed E-state index contributed by atoms with van der Waals surface area (Å²) in [6.45, 7) is 3.10. The molecule has 6 heteroatoms. The number of rotatable bonds is 6.